The van der Waals surface area contributed by atoms with Crippen LogP contribution >= 0.6 is 11.6 Å². The Morgan fingerprint density at radius 3 is 2.67 bits per heavy atom. The van der Waals surface area contributed by atoms with Crippen LogP contribution in [0.1, 0.15) is 19.8 Å². The number of hydrogen-bond donors (Lipinski definition) is 4. The molecule has 2 aliphatic heterocycles. The first-order chi connectivity index (χ1) is 14.0. The Morgan fingerprint density at radius 2 is 2.03 bits per heavy atom. The number of aliphatic hydroxyl groups excluding tert-OH is 1. The van der Waals surface area contributed by atoms with Gasteiger partial charge in [-0.1, -0.05) is 11.6 Å². The molecule has 0 aromatic carbocycles. The number of nitrogens with zero attached hydrogens (tertiary/aromatic N) is 3. The number of carbonyl (C=O) groups is 2. The molecule has 4 rings (SSSR count). The lowest BCUT2D eigenvalue weighted by Crippen LogP contribution is -2.63. The number of hydrogen-bond acceptors (Lipinski definition) is 7. The minimum Gasteiger partial charge on any atom is -0.368 e. The lowest BCUT2D eigenvalue weighted by atomic mass is 10.1. The smallest absolute Gasteiger partial charge is 0.368 e. The van der Waals surface area contributed by atoms with Gasteiger partial charge in [0.15, 0.2) is 6.23 Å². The predicted octanol–water partition coefficient (Wildman–Crippen LogP) is 1.61. The van der Waals surface area contributed by atoms with Gasteiger partial charge < -0.3 is 26.0 Å². The van der Waals surface area contributed by atoms with Gasteiger partial charge in [0.25, 0.3) is 5.91 Å². The highest BCUT2D eigenvalue weighted by molar-refractivity contribution is 6.33. The summed E-state index contributed by atoms with van der Waals surface area (Å²) in [6.07, 6.45) is -2.90. The standard InChI is InChI=1S/C17H16ClF3N6O3/c1-16(17(19,20)21)26-14(29)12-8(18)4-9(15(30)27(12)16)24-10-5-11(23-6-22-10)25-13(28)7-2-3-7/h4-7,15,30H,2-3H2,1H3,(H,26,29)(H2,22,23,24,25,28). The Morgan fingerprint density at radius 1 is 1.37 bits per heavy atom. The Hall–Kier alpha value is -2.86. The fourth-order valence-electron chi connectivity index (χ4n) is 3.21. The van der Waals surface area contributed by atoms with Crippen molar-refractivity contribution in [1.29, 1.82) is 0 Å². The second-order valence-electron chi connectivity index (χ2n) is 7.24. The summed E-state index contributed by atoms with van der Waals surface area (Å²) in [6, 6.07) is 1.36. The van der Waals surface area contributed by atoms with E-state index < -0.39 is 29.7 Å². The van der Waals surface area contributed by atoms with Gasteiger partial charge in [-0.05, 0) is 25.8 Å². The minimum absolute atomic E-state index is 0.0538. The van der Waals surface area contributed by atoms with E-state index in [4.69, 9.17) is 11.6 Å². The maximum Gasteiger partial charge on any atom is 0.430 e. The molecule has 1 saturated heterocycles. The number of fused-ring (bicyclic) bond motifs is 1. The Labute approximate surface area is 173 Å². The first-order valence-electron chi connectivity index (χ1n) is 8.89. The molecule has 4 N–H and O–H groups in total. The molecule has 9 nitrogen and oxygen atoms in total. The van der Waals surface area contributed by atoms with Crippen LogP contribution in [-0.2, 0) is 9.59 Å². The molecule has 1 aromatic rings. The fourth-order valence-corrected chi connectivity index (χ4v) is 3.50. The average Bonchev–Trinajstić information content (AvgIpc) is 3.44. The maximum absolute atomic E-state index is 13.7. The van der Waals surface area contributed by atoms with Gasteiger partial charge in [0, 0.05) is 12.0 Å². The summed E-state index contributed by atoms with van der Waals surface area (Å²) in [5.74, 6) is -1.00. The van der Waals surface area contributed by atoms with Crippen molar-refractivity contribution in [2.24, 2.45) is 5.92 Å². The second kappa shape index (κ2) is 6.84. The molecule has 2 unspecified atom stereocenters. The number of nitrogens with one attached hydrogen (secondary N) is 3. The summed E-state index contributed by atoms with van der Waals surface area (Å²) >= 11 is 6.05. The third-order valence-electron chi connectivity index (χ3n) is 5.02. The molecule has 2 atom stereocenters. The lowest BCUT2D eigenvalue weighted by Gasteiger charge is -2.42. The highest BCUT2D eigenvalue weighted by Crippen LogP contribution is 2.44. The highest BCUT2D eigenvalue weighted by Gasteiger charge is 2.64. The molecule has 30 heavy (non-hydrogen) atoms. The van der Waals surface area contributed by atoms with Gasteiger partial charge in [0.05, 0.1) is 10.7 Å². The largest absolute Gasteiger partial charge is 0.430 e. The molecule has 2 amide bonds. The number of anilines is 2. The monoisotopic (exact) mass is 444 g/mol. The molecule has 2 fully saturated rings. The van der Waals surface area contributed by atoms with Gasteiger partial charge in [-0.2, -0.15) is 13.2 Å². The molecule has 0 radical (unpaired) electrons. The average molecular weight is 445 g/mol. The summed E-state index contributed by atoms with van der Waals surface area (Å²) in [6.45, 7) is 0.727. The van der Waals surface area contributed by atoms with E-state index in [1.165, 1.54) is 6.07 Å². The minimum atomic E-state index is -4.90. The second-order valence-corrected chi connectivity index (χ2v) is 7.65. The number of aromatic nitrogens is 2. The van der Waals surface area contributed by atoms with Crippen molar-refractivity contribution in [2.75, 3.05) is 10.6 Å². The molecule has 0 bridgehead atoms. The zero-order chi connectivity index (χ0) is 21.8. The van der Waals surface area contributed by atoms with Crippen molar-refractivity contribution < 1.29 is 27.9 Å². The molecule has 160 valence electrons. The summed E-state index contributed by atoms with van der Waals surface area (Å²) in [5.41, 5.74) is -3.50. The lowest BCUT2D eigenvalue weighted by molar-refractivity contribution is -0.237. The molecule has 3 aliphatic rings. The molecule has 13 heteroatoms. The van der Waals surface area contributed by atoms with E-state index in [9.17, 15) is 27.9 Å². The number of alkyl halides is 3. The summed E-state index contributed by atoms with van der Waals surface area (Å²) in [5, 5.41) is 17.5. The Bertz CT molecular complexity index is 993. The van der Waals surface area contributed by atoms with E-state index in [1.54, 1.807) is 0 Å². The van der Waals surface area contributed by atoms with E-state index >= 15 is 0 Å². The molecule has 3 heterocycles. The van der Waals surface area contributed by atoms with Crippen LogP contribution in [0, 0.1) is 5.92 Å². The van der Waals surface area contributed by atoms with E-state index in [2.05, 4.69) is 20.6 Å². The summed E-state index contributed by atoms with van der Waals surface area (Å²) in [4.78, 5) is 32.3. The fraction of sp³-hybridized carbons (Fsp3) is 0.412. The Balaban J connectivity index is 1.61. The van der Waals surface area contributed by atoms with E-state index in [1.807, 2.05) is 5.32 Å². The SMILES string of the molecule is CC1(C(F)(F)F)NC(=O)C2=C(Cl)C=C(Nc3cc(NC(=O)C4CC4)ncn3)C(O)N21. The van der Waals surface area contributed by atoms with E-state index in [-0.39, 0.29) is 34.2 Å². The molecule has 1 aliphatic carbocycles. The number of carbonyl (C=O) groups excluding carboxylic acids is 2. The van der Waals surface area contributed by atoms with E-state index in [0.717, 1.165) is 32.2 Å². The van der Waals surface area contributed by atoms with Gasteiger partial charge >= 0.3 is 6.18 Å². The third-order valence-corrected chi connectivity index (χ3v) is 5.30. The van der Waals surface area contributed by atoms with Crippen LogP contribution < -0.4 is 16.0 Å². The normalized spacial score (nSPS) is 26.2. The van der Waals surface area contributed by atoms with Crippen molar-refractivity contribution >= 4 is 35.1 Å². The van der Waals surface area contributed by atoms with Crippen LogP contribution in [0.25, 0.3) is 0 Å². The number of halogens is 4. The molecular formula is C17H16ClF3N6O3. The van der Waals surface area contributed by atoms with E-state index in [0.29, 0.717) is 4.90 Å². The van der Waals surface area contributed by atoms with Gasteiger partial charge in [0.2, 0.25) is 11.6 Å². The van der Waals surface area contributed by atoms with Gasteiger partial charge in [-0.25, -0.2) is 9.97 Å². The van der Waals surface area contributed by atoms with Gasteiger partial charge in [-0.15, -0.1) is 0 Å². The molecule has 0 spiro atoms. The maximum atomic E-state index is 13.7. The first-order valence-corrected chi connectivity index (χ1v) is 9.27. The number of allylic oxidation sites excluding steroid dienone is 2. The quantitative estimate of drug-likeness (QED) is 0.557. The van der Waals surface area contributed by atoms with Crippen molar-refractivity contribution in [3.05, 3.63) is 34.9 Å². The number of amides is 2. The highest BCUT2D eigenvalue weighted by atomic mass is 35.5. The topological polar surface area (TPSA) is 119 Å². The number of rotatable bonds is 4. The van der Waals surface area contributed by atoms with Crippen molar-refractivity contribution in [2.45, 2.75) is 37.8 Å². The van der Waals surface area contributed by atoms with Crippen LogP contribution in [0.2, 0.25) is 0 Å². The van der Waals surface area contributed by atoms with Crippen LogP contribution in [0.3, 0.4) is 0 Å². The summed E-state index contributed by atoms with van der Waals surface area (Å²) in [7, 11) is 0. The van der Waals surface area contributed by atoms with Crippen LogP contribution in [0.15, 0.2) is 34.9 Å². The summed E-state index contributed by atoms with van der Waals surface area (Å²) < 4.78 is 41.0. The van der Waals surface area contributed by atoms with Gasteiger partial charge in [0.1, 0.15) is 23.7 Å². The predicted molar refractivity (Wildman–Crippen MR) is 98.4 cm³/mol. The van der Waals surface area contributed by atoms with Crippen molar-refractivity contribution in [1.82, 2.24) is 20.2 Å². The molecule has 1 aromatic heterocycles. The van der Waals surface area contributed by atoms with Crippen molar-refractivity contribution in [3.8, 4) is 0 Å². The van der Waals surface area contributed by atoms with Crippen LogP contribution in [0.4, 0.5) is 24.8 Å². The van der Waals surface area contributed by atoms with Crippen molar-refractivity contribution in [3.63, 3.8) is 0 Å². The first kappa shape index (κ1) is 20.4. The molecular weight excluding hydrogens is 429 g/mol. The van der Waals surface area contributed by atoms with Gasteiger partial charge in [-0.3, -0.25) is 9.59 Å². The Kier molecular flexibility index (Phi) is 4.66. The van der Waals surface area contributed by atoms with Crippen LogP contribution in [-0.4, -0.2) is 49.9 Å². The molecule has 1 saturated carbocycles. The zero-order valence-electron chi connectivity index (χ0n) is 15.4. The zero-order valence-corrected chi connectivity index (χ0v) is 16.2. The van der Waals surface area contributed by atoms with Crippen LogP contribution in [0.5, 0.6) is 0 Å². The number of aliphatic hydroxyl groups is 1. The third kappa shape index (κ3) is 3.35.